The van der Waals surface area contributed by atoms with Crippen molar-refractivity contribution in [1.82, 2.24) is 10.3 Å². The van der Waals surface area contributed by atoms with Crippen LogP contribution in [0.2, 0.25) is 0 Å². The molecule has 0 saturated carbocycles. The van der Waals surface area contributed by atoms with Crippen LogP contribution in [0.4, 0.5) is 0 Å². The highest BCUT2D eigenvalue weighted by Crippen LogP contribution is 2.11. The van der Waals surface area contributed by atoms with E-state index in [9.17, 15) is 4.21 Å². The third-order valence-corrected chi connectivity index (χ3v) is 4.01. The molecule has 84 valence electrons. The number of aromatic nitrogens is 1. The van der Waals surface area contributed by atoms with Crippen molar-refractivity contribution in [3.05, 3.63) is 23.9 Å². The fourth-order valence-corrected chi connectivity index (χ4v) is 3.03. The standard InChI is InChI=1S/C11H13N3OS/c12-7-9-3-5-14-11(6-9)16(15)8-10-2-1-4-13-10/h3,5-6,10,13H,1-2,4,8H2/t10-,16-/m1/s1. The summed E-state index contributed by atoms with van der Waals surface area (Å²) in [6.45, 7) is 1.01. The summed E-state index contributed by atoms with van der Waals surface area (Å²) in [5, 5.41) is 12.5. The molecule has 1 fully saturated rings. The second-order valence-corrected chi connectivity index (χ2v) is 5.24. The van der Waals surface area contributed by atoms with E-state index in [1.165, 1.54) is 6.20 Å². The Labute approximate surface area is 97.2 Å². The van der Waals surface area contributed by atoms with Crippen LogP contribution < -0.4 is 5.32 Å². The molecule has 5 heteroatoms. The Balaban J connectivity index is 2.05. The van der Waals surface area contributed by atoms with E-state index in [1.807, 2.05) is 6.07 Å². The Hall–Kier alpha value is -1.25. The Kier molecular flexibility index (Phi) is 3.65. The van der Waals surface area contributed by atoms with Gasteiger partial charge in [-0.2, -0.15) is 5.26 Å². The lowest BCUT2D eigenvalue weighted by atomic mass is 10.3. The van der Waals surface area contributed by atoms with Crippen LogP contribution >= 0.6 is 0 Å². The second kappa shape index (κ2) is 5.19. The van der Waals surface area contributed by atoms with Gasteiger partial charge in [0, 0.05) is 18.0 Å². The minimum Gasteiger partial charge on any atom is -0.313 e. The lowest BCUT2D eigenvalue weighted by Crippen LogP contribution is -2.27. The quantitative estimate of drug-likeness (QED) is 0.842. The molecular weight excluding hydrogens is 222 g/mol. The number of rotatable bonds is 3. The van der Waals surface area contributed by atoms with Crippen molar-refractivity contribution in [1.29, 1.82) is 5.26 Å². The third-order valence-electron chi connectivity index (χ3n) is 2.61. The third kappa shape index (κ3) is 2.65. The first-order valence-corrected chi connectivity index (χ1v) is 6.59. The predicted octanol–water partition coefficient (Wildman–Crippen LogP) is 0.813. The van der Waals surface area contributed by atoms with Gasteiger partial charge in [0.2, 0.25) is 0 Å². The van der Waals surface area contributed by atoms with Crippen molar-refractivity contribution in [2.24, 2.45) is 0 Å². The first-order chi connectivity index (χ1) is 7.79. The molecule has 0 amide bonds. The van der Waals surface area contributed by atoms with Crippen LogP contribution in [0.1, 0.15) is 18.4 Å². The largest absolute Gasteiger partial charge is 0.313 e. The SMILES string of the molecule is N#Cc1ccnc([S@](=O)C[C@H]2CCCN2)c1. The van der Waals surface area contributed by atoms with Crippen LogP contribution in [0.25, 0.3) is 0 Å². The second-order valence-electron chi connectivity index (χ2n) is 3.80. The van der Waals surface area contributed by atoms with E-state index >= 15 is 0 Å². The number of hydrogen-bond donors (Lipinski definition) is 1. The van der Waals surface area contributed by atoms with E-state index in [1.54, 1.807) is 12.1 Å². The molecule has 2 heterocycles. The number of pyridine rings is 1. The average molecular weight is 235 g/mol. The van der Waals surface area contributed by atoms with Gasteiger partial charge in [-0.05, 0) is 31.5 Å². The first-order valence-electron chi connectivity index (χ1n) is 5.27. The van der Waals surface area contributed by atoms with Crippen molar-refractivity contribution in [3.8, 4) is 6.07 Å². The van der Waals surface area contributed by atoms with Gasteiger partial charge in [0.15, 0.2) is 0 Å². The topological polar surface area (TPSA) is 65.8 Å². The molecule has 1 aliphatic rings. The summed E-state index contributed by atoms with van der Waals surface area (Å²) in [5.41, 5.74) is 0.512. The zero-order chi connectivity index (χ0) is 11.4. The fraction of sp³-hybridized carbons (Fsp3) is 0.455. The maximum absolute atomic E-state index is 12.0. The molecule has 0 spiro atoms. The summed E-state index contributed by atoms with van der Waals surface area (Å²) in [6.07, 6.45) is 3.76. The van der Waals surface area contributed by atoms with Gasteiger partial charge in [0.25, 0.3) is 0 Å². The van der Waals surface area contributed by atoms with Gasteiger partial charge in [-0.1, -0.05) is 0 Å². The van der Waals surface area contributed by atoms with Crippen molar-refractivity contribution >= 4 is 10.8 Å². The first kappa shape index (κ1) is 11.2. The van der Waals surface area contributed by atoms with Gasteiger partial charge in [-0.15, -0.1) is 0 Å². The molecule has 2 rings (SSSR count). The highest BCUT2D eigenvalue weighted by molar-refractivity contribution is 7.85. The highest BCUT2D eigenvalue weighted by atomic mass is 32.2. The summed E-state index contributed by atoms with van der Waals surface area (Å²) < 4.78 is 12.0. The molecule has 2 atom stereocenters. The van der Waals surface area contributed by atoms with E-state index in [4.69, 9.17) is 5.26 Å². The summed E-state index contributed by atoms with van der Waals surface area (Å²) in [4.78, 5) is 4.05. The van der Waals surface area contributed by atoms with E-state index in [0.717, 1.165) is 19.4 Å². The van der Waals surface area contributed by atoms with Crippen LogP contribution in [0, 0.1) is 11.3 Å². The van der Waals surface area contributed by atoms with E-state index in [2.05, 4.69) is 10.3 Å². The molecule has 1 aromatic rings. The Morgan fingerprint density at radius 3 is 3.25 bits per heavy atom. The lowest BCUT2D eigenvalue weighted by Gasteiger charge is -2.08. The molecule has 0 bridgehead atoms. The maximum atomic E-state index is 12.0. The molecule has 1 N–H and O–H groups in total. The normalized spacial score (nSPS) is 21.6. The van der Waals surface area contributed by atoms with Gasteiger partial charge in [-0.25, -0.2) is 4.98 Å². The van der Waals surface area contributed by atoms with Crippen LogP contribution in [0.3, 0.4) is 0 Å². The zero-order valence-electron chi connectivity index (χ0n) is 8.85. The van der Waals surface area contributed by atoms with Crippen LogP contribution in [0.15, 0.2) is 23.4 Å². The average Bonchev–Trinajstić information content (AvgIpc) is 2.82. The van der Waals surface area contributed by atoms with Gasteiger partial charge >= 0.3 is 0 Å². The number of nitrogens with one attached hydrogen (secondary N) is 1. The Bertz CT molecular complexity index is 435. The lowest BCUT2D eigenvalue weighted by molar-refractivity contribution is 0.641. The maximum Gasteiger partial charge on any atom is 0.128 e. The van der Waals surface area contributed by atoms with Crippen molar-refractivity contribution in [3.63, 3.8) is 0 Å². The summed E-state index contributed by atoms with van der Waals surface area (Å²) in [6, 6.07) is 5.57. The molecule has 1 aromatic heterocycles. The van der Waals surface area contributed by atoms with Crippen molar-refractivity contribution in [2.75, 3.05) is 12.3 Å². The minimum absolute atomic E-state index is 0.327. The fourth-order valence-electron chi connectivity index (χ4n) is 1.77. The molecule has 1 saturated heterocycles. The summed E-state index contributed by atoms with van der Waals surface area (Å²) >= 11 is 0. The molecular formula is C11H13N3OS. The van der Waals surface area contributed by atoms with Gasteiger partial charge < -0.3 is 5.32 Å². The van der Waals surface area contributed by atoms with E-state index in [0.29, 0.717) is 22.4 Å². The van der Waals surface area contributed by atoms with Gasteiger partial charge in [0.05, 0.1) is 22.4 Å². The van der Waals surface area contributed by atoms with Gasteiger partial charge in [-0.3, -0.25) is 4.21 Å². The minimum atomic E-state index is -1.11. The predicted molar refractivity (Wildman–Crippen MR) is 61.3 cm³/mol. The monoisotopic (exact) mass is 235 g/mol. The van der Waals surface area contributed by atoms with E-state index < -0.39 is 10.8 Å². The summed E-state index contributed by atoms with van der Waals surface area (Å²) in [5.74, 6) is 0.585. The zero-order valence-corrected chi connectivity index (χ0v) is 9.67. The molecule has 0 unspecified atom stereocenters. The Morgan fingerprint density at radius 2 is 2.56 bits per heavy atom. The van der Waals surface area contributed by atoms with Crippen molar-refractivity contribution in [2.45, 2.75) is 23.9 Å². The number of nitrogens with zero attached hydrogens (tertiary/aromatic N) is 2. The number of nitriles is 1. The highest BCUT2D eigenvalue weighted by Gasteiger charge is 2.18. The number of hydrogen-bond acceptors (Lipinski definition) is 4. The Morgan fingerprint density at radius 1 is 1.69 bits per heavy atom. The van der Waals surface area contributed by atoms with Crippen LogP contribution in [-0.2, 0) is 10.8 Å². The summed E-state index contributed by atoms with van der Waals surface area (Å²) in [7, 11) is -1.11. The molecule has 1 aliphatic heterocycles. The molecule has 0 aliphatic carbocycles. The smallest absolute Gasteiger partial charge is 0.128 e. The van der Waals surface area contributed by atoms with Gasteiger partial charge in [0.1, 0.15) is 5.03 Å². The van der Waals surface area contributed by atoms with Crippen molar-refractivity contribution < 1.29 is 4.21 Å². The molecule has 16 heavy (non-hydrogen) atoms. The van der Waals surface area contributed by atoms with Crippen LogP contribution in [0.5, 0.6) is 0 Å². The molecule has 0 radical (unpaired) electrons. The van der Waals surface area contributed by atoms with E-state index in [-0.39, 0.29) is 0 Å². The van der Waals surface area contributed by atoms with Crippen LogP contribution in [-0.4, -0.2) is 27.5 Å². The molecule has 0 aromatic carbocycles. The molecule has 4 nitrogen and oxygen atoms in total.